The summed E-state index contributed by atoms with van der Waals surface area (Å²) >= 11 is 0. The minimum absolute atomic E-state index is 0.00868. The number of hydrogen-bond donors (Lipinski definition) is 3. The second kappa shape index (κ2) is 6.03. The fourth-order valence-corrected chi connectivity index (χ4v) is 1.54. The van der Waals surface area contributed by atoms with E-state index in [0.29, 0.717) is 24.6 Å². The molecule has 0 saturated heterocycles. The molecule has 0 aliphatic carbocycles. The average Bonchev–Trinajstić information content (AvgIpc) is 2.28. The van der Waals surface area contributed by atoms with E-state index in [-0.39, 0.29) is 11.8 Å². The lowest BCUT2D eigenvalue weighted by Gasteiger charge is -2.14. The quantitative estimate of drug-likeness (QED) is 0.702. The maximum Gasteiger partial charge on any atom is 0.221 e. The Labute approximate surface area is 101 Å². The van der Waals surface area contributed by atoms with Gasteiger partial charge >= 0.3 is 0 Å². The third kappa shape index (κ3) is 3.58. The van der Waals surface area contributed by atoms with Crippen LogP contribution in [0.5, 0.6) is 0 Å². The largest absolute Gasteiger partial charge is 0.383 e. The molecule has 4 N–H and O–H groups in total. The summed E-state index contributed by atoms with van der Waals surface area (Å²) in [6.07, 6.45) is 1.82. The molecule has 0 aliphatic heterocycles. The summed E-state index contributed by atoms with van der Waals surface area (Å²) in [5.74, 6) is 1.41. The van der Waals surface area contributed by atoms with Crippen molar-refractivity contribution in [3.63, 3.8) is 0 Å². The van der Waals surface area contributed by atoms with Crippen molar-refractivity contribution in [1.82, 2.24) is 15.3 Å². The Hall–Kier alpha value is -1.85. The van der Waals surface area contributed by atoms with E-state index in [0.717, 1.165) is 5.56 Å². The normalized spacial score (nSPS) is 10.4. The molecule has 0 atom stereocenters. The first-order valence-electron chi connectivity index (χ1n) is 5.61. The van der Waals surface area contributed by atoms with Gasteiger partial charge in [0.05, 0.1) is 0 Å². The van der Waals surface area contributed by atoms with Crippen molar-refractivity contribution in [3.05, 3.63) is 11.9 Å². The Kier molecular flexibility index (Phi) is 4.68. The van der Waals surface area contributed by atoms with Gasteiger partial charge in [0, 0.05) is 25.6 Å². The van der Waals surface area contributed by atoms with Crippen LogP contribution in [0.4, 0.5) is 11.6 Å². The van der Waals surface area contributed by atoms with Gasteiger partial charge in [0.15, 0.2) is 0 Å². The number of carbonyl (C=O) groups is 1. The van der Waals surface area contributed by atoms with E-state index in [4.69, 9.17) is 5.73 Å². The molecule has 0 saturated carbocycles. The van der Waals surface area contributed by atoms with Gasteiger partial charge in [0.25, 0.3) is 0 Å². The number of carbonyl (C=O) groups excluding carboxylic acids is 1. The van der Waals surface area contributed by atoms with Crippen LogP contribution in [0.15, 0.2) is 6.33 Å². The molecule has 0 aromatic carbocycles. The third-order valence-corrected chi connectivity index (χ3v) is 2.42. The second-order valence-corrected chi connectivity index (χ2v) is 4.03. The molecular formula is C11H19N5O. The zero-order chi connectivity index (χ0) is 12.8. The number of hydrogen-bond acceptors (Lipinski definition) is 5. The molecule has 0 radical (unpaired) electrons. The fourth-order valence-electron chi connectivity index (χ4n) is 1.54. The van der Waals surface area contributed by atoms with E-state index < -0.39 is 0 Å². The topological polar surface area (TPSA) is 92.9 Å². The molecule has 0 spiro atoms. The molecule has 1 rings (SSSR count). The second-order valence-electron chi connectivity index (χ2n) is 4.03. The van der Waals surface area contributed by atoms with Crippen molar-refractivity contribution in [1.29, 1.82) is 0 Å². The van der Waals surface area contributed by atoms with Gasteiger partial charge in [-0.2, -0.15) is 0 Å². The van der Waals surface area contributed by atoms with Crippen molar-refractivity contribution < 1.29 is 4.79 Å². The molecule has 0 unspecified atom stereocenters. The Balaban J connectivity index is 2.70. The maximum absolute atomic E-state index is 11.1. The summed E-state index contributed by atoms with van der Waals surface area (Å²) in [5.41, 5.74) is 6.70. The Bertz CT molecular complexity index is 391. The lowest BCUT2D eigenvalue weighted by Crippen LogP contribution is -2.21. The van der Waals surface area contributed by atoms with Crippen LogP contribution >= 0.6 is 0 Å². The number of aromatic nitrogens is 2. The lowest BCUT2D eigenvalue weighted by molar-refractivity contribution is -0.120. The first-order chi connectivity index (χ1) is 8.06. The third-order valence-electron chi connectivity index (χ3n) is 2.42. The molecule has 1 amide bonds. The molecule has 1 aromatic rings. The standard InChI is InChI=1S/C11H19N5O/c1-7(2)9-10(12)15-6-16-11(9)14-5-4-8(17)13-3/h6-7H,4-5H2,1-3H3,(H,13,17)(H3,12,14,15,16). The van der Waals surface area contributed by atoms with E-state index >= 15 is 0 Å². The van der Waals surface area contributed by atoms with E-state index in [1.54, 1.807) is 7.05 Å². The number of amides is 1. The van der Waals surface area contributed by atoms with Gasteiger partial charge in [-0.25, -0.2) is 9.97 Å². The monoisotopic (exact) mass is 237 g/mol. The van der Waals surface area contributed by atoms with Gasteiger partial charge in [0.1, 0.15) is 18.0 Å². The van der Waals surface area contributed by atoms with E-state index in [9.17, 15) is 4.79 Å². The number of rotatable bonds is 5. The highest BCUT2D eigenvalue weighted by Gasteiger charge is 2.12. The minimum Gasteiger partial charge on any atom is -0.383 e. The zero-order valence-electron chi connectivity index (χ0n) is 10.4. The molecule has 1 aromatic heterocycles. The van der Waals surface area contributed by atoms with Gasteiger partial charge in [-0.1, -0.05) is 13.8 Å². The molecule has 94 valence electrons. The van der Waals surface area contributed by atoms with E-state index in [1.807, 2.05) is 13.8 Å². The van der Waals surface area contributed by atoms with Gasteiger partial charge < -0.3 is 16.4 Å². The molecular weight excluding hydrogens is 218 g/mol. The SMILES string of the molecule is CNC(=O)CCNc1ncnc(N)c1C(C)C. The number of anilines is 2. The summed E-state index contributed by atoms with van der Waals surface area (Å²) in [5, 5.41) is 5.67. The Morgan fingerprint density at radius 2 is 2.18 bits per heavy atom. The van der Waals surface area contributed by atoms with Crippen LogP contribution in [0.2, 0.25) is 0 Å². The van der Waals surface area contributed by atoms with Gasteiger partial charge in [-0.3, -0.25) is 4.79 Å². The Morgan fingerprint density at radius 3 is 2.76 bits per heavy atom. The first-order valence-corrected chi connectivity index (χ1v) is 5.61. The first kappa shape index (κ1) is 13.2. The van der Waals surface area contributed by atoms with Crippen LogP contribution in [0.1, 0.15) is 31.7 Å². The molecule has 1 heterocycles. The molecule has 6 heteroatoms. The average molecular weight is 237 g/mol. The Morgan fingerprint density at radius 1 is 1.47 bits per heavy atom. The number of nitrogens with two attached hydrogens (primary N) is 1. The highest BCUT2D eigenvalue weighted by Crippen LogP contribution is 2.25. The minimum atomic E-state index is -0.00868. The van der Waals surface area contributed by atoms with Crippen LogP contribution in [0, 0.1) is 0 Å². The van der Waals surface area contributed by atoms with Crippen LogP contribution < -0.4 is 16.4 Å². The predicted octanol–water partition coefficient (Wildman–Crippen LogP) is 0.730. The zero-order valence-corrected chi connectivity index (χ0v) is 10.4. The summed E-state index contributed by atoms with van der Waals surface area (Å²) in [7, 11) is 1.62. The summed E-state index contributed by atoms with van der Waals surface area (Å²) in [6, 6.07) is 0. The van der Waals surface area contributed by atoms with Crippen molar-refractivity contribution in [2.24, 2.45) is 0 Å². The summed E-state index contributed by atoms with van der Waals surface area (Å²) in [4.78, 5) is 19.2. The number of nitrogens with one attached hydrogen (secondary N) is 2. The fraction of sp³-hybridized carbons (Fsp3) is 0.545. The molecule has 0 aliphatic rings. The highest BCUT2D eigenvalue weighted by atomic mass is 16.1. The van der Waals surface area contributed by atoms with Crippen molar-refractivity contribution in [2.75, 3.05) is 24.6 Å². The summed E-state index contributed by atoms with van der Waals surface area (Å²) in [6.45, 7) is 4.58. The molecule has 6 nitrogen and oxygen atoms in total. The predicted molar refractivity (Wildman–Crippen MR) is 67.7 cm³/mol. The van der Waals surface area contributed by atoms with E-state index in [1.165, 1.54) is 6.33 Å². The summed E-state index contributed by atoms with van der Waals surface area (Å²) < 4.78 is 0. The lowest BCUT2D eigenvalue weighted by atomic mass is 10.0. The molecule has 0 bridgehead atoms. The van der Waals surface area contributed by atoms with Crippen molar-refractivity contribution in [3.8, 4) is 0 Å². The molecule has 0 fully saturated rings. The maximum atomic E-state index is 11.1. The van der Waals surface area contributed by atoms with Gasteiger partial charge in [0.2, 0.25) is 5.91 Å². The highest BCUT2D eigenvalue weighted by molar-refractivity contribution is 5.76. The van der Waals surface area contributed by atoms with Gasteiger partial charge in [-0.15, -0.1) is 0 Å². The molecule has 17 heavy (non-hydrogen) atoms. The number of nitrogen functional groups attached to an aromatic ring is 1. The smallest absolute Gasteiger partial charge is 0.221 e. The van der Waals surface area contributed by atoms with Crippen molar-refractivity contribution in [2.45, 2.75) is 26.2 Å². The van der Waals surface area contributed by atoms with Crippen molar-refractivity contribution >= 4 is 17.5 Å². The number of nitrogens with zero attached hydrogens (tertiary/aromatic N) is 2. The van der Waals surface area contributed by atoms with Crippen LogP contribution in [-0.2, 0) is 4.79 Å². The van der Waals surface area contributed by atoms with Crippen LogP contribution in [-0.4, -0.2) is 29.5 Å². The van der Waals surface area contributed by atoms with E-state index in [2.05, 4.69) is 20.6 Å². The van der Waals surface area contributed by atoms with Crippen LogP contribution in [0.3, 0.4) is 0 Å². The van der Waals surface area contributed by atoms with Crippen LogP contribution in [0.25, 0.3) is 0 Å². The van der Waals surface area contributed by atoms with Gasteiger partial charge in [-0.05, 0) is 5.92 Å².